The van der Waals surface area contributed by atoms with Crippen molar-refractivity contribution in [1.82, 2.24) is 29.4 Å². The highest BCUT2D eigenvalue weighted by atomic mass is 15.7. The summed E-state index contributed by atoms with van der Waals surface area (Å²) in [6.07, 6.45) is 2.71. The van der Waals surface area contributed by atoms with E-state index in [-0.39, 0.29) is 0 Å². The van der Waals surface area contributed by atoms with E-state index in [9.17, 15) is 0 Å². The fourth-order valence-corrected chi connectivity index (χ4v) is 10.2. The van der Waals surface area contributed by atoms with Crippen molar-refractivity contribution in [3.63, 3.8) is 0 Å². The maximum Gasteiger partial charge on any atom is 0.175 e. The number of quaternary nitrogens is 2. The van der Waals surface area contributed by atoms with Gasteiger partial charge in [-0.2, -0.15) is 0 Å². The molecular formula is C28H44N8+2. The molecule has 8 aliphatic rings. The molecule has 1 aromatic rings. The van der Waals surface area contributed by atoms with Crippen molar-refractivity contribution in [2.24, 2.45) is 0 Å². The van der Waals surface area contributed by atoms with Gasteiger partial charge in [-0.25, -0.2) is 9.80 Å². The van der Waals surface area contributed by atoms with E-state index in [0.29, 0.717) is 24.7 Å². The van der Waals surface area contributed by atoms with E-state index in [4.69, 9.17) is 0 Å². The molecule has 8 nitrogen and oxygen atoms in total. The lowest BCUT2D eigenvalue weighted by atomic mass is 10.00. The van der Waals surface area contributed by atoms with Crippen molar-refractivity contribution in [1.29, 1.82) is 0 Å². The van der Waals surface area contributed by atoms with Gasteiger partial charge in [0.25, 0.3) is 0 Å². The van der Waals surface area contributed by atoms with Gasteiger partial charge in [0.05, 0.1) is 39.3 Å². The molecule has 8 heterocycles. The van der Waals surface area contributed by atoms with Crippen LogP contribution in [0, 0.1) is 0 Å². The van der Waals surface area contributed by atoms with E-state index >= 15 is 0 Å². The van der Waals surface area contributed by atoms with Crippen LogP contribution in [0.5, 0.6) is 0 Å². The van der Waals surface area contributed by atoms with Crippen LogP contribution in [0.2, 0.25) is 0 Å². The largest absolute Gasteiger partial charge is 0.300 e. The Morgan fingerprint density at radius 3 is 1.22 bits per heavy atom. The van der Waals surface area contributed by atoms with Crippen LogP contribution < -0.4 is 0 Å². The first-order chi connectivity index (χ1) is 17.7. The van der Waals surface area contributed by atoms with Crippen LogP contribution >= 0.6 is 0 Å². The molecule has 8 heteroatoms. The Kier molecular flexibility index (Phi) is 4.68. The van der Waals surface area contributed by atoms with Crippen molar-refractivity contribution in [2.45, 2.75) is 37.8 Å². The molecule has 9 rings (SSSR count). The molecule has 0 spiro atoms. The summed E-state index contributed by atoms with van der Waals surface area (Å²) in [6.45, 7) is 23.3. The molecule has 0 saturated carbocycles. The van der Waals surface area contributed by atoms with Crippen molar-refractivity contribution in [3.05, 3.63) is 35.4 Å². The molecule has 8 saturated heterocycles. The summed E-state index contributed by atoms with van der Waals surface area (Å²) in [5.41, 5.74) is 3.32. The van der Waals surface area contributed by atoms with Gasteiger partial charge in [-0.05, 0) is 0 Å². The first kappa shape index (κ1) is 21.8. The standard InChI is InChI=1S/C28H44N8/c1-2-4-24(22-36-18-14-32-8-6-30-10-12-34(16-20-36)28(36)26(30)32)23(3-1)21-35-17-13-31-7-5-29-9-11-33(15-19-35)27(35)25(29)31/h1-4,25-28H,5-22H2/q+2. The van der Waals surface area contributed by atoms with Crippen LogP contribution in [0.15, 0.2) is 24.3 Å². The lowest BCUT2D eigenvalue weighted by Gasteiger charge is -2.55. The molecular weight excluding hydrogens is 448 g/mol. The molecule has 6 unspecified atom stereocenters. The highest BCUT2D eigenvalue weighted by Crippen LogP contribution is 2.43. The van der Waals surface area contributed by atoms with Gasteiger partial charge in [0.15, 0.2) is 12.3 Å². The van der Waals surface area contributed by atoms with E-state index in [1.165, 1.54) is 127 Å². The van der Waals surface area contributed by atoms with Crippen molar-refractivity contribution in [3.8, 4) is 0 Å². The summed E-state index contributed by atoms with van der Waals surface area (Å²) in [5.74, 6) is 0. The summed E-state index contributed by atoms with van der Waals surface area (Å²) >= 11 is 0. The lowest BCUT2D eigenvalue weighted by molar-refractivity contribution is -0.969. The zero-order valence-electron chi connectivity index (χ0n) is 21.9. The number of rotatable bonds is 4. The van der Waals surface area contributed by atoms with Crippen LogP contribution in [0.1, 0.15) is 11.1 Å². The zero-order valence-corrected chi connectivity index (χ0v) is 21.9. The number of benzene rings is 1. The first-order valence-electron chi connectivity index (χ1n) is 15.0. The Hall–Kier alpha value is -1.10. The molecule has 0 N–H and O–H groups in total. The van der Waals surface area contributed by atoms with E-state index in [0.717, 1.165) is 0 Å². The van der Waals surface area contributed by atoms with Gasteiger partial charge in [0, 0.05) is 76.6 Å². The van der Waals surface area contributed by atoms with Gasteiger partial charge in [0.1, 0.15) is 25.4 Å². The lowest BCUT2D eigenvalue weighted by Crippen LogP contribution is -2.73. The predicted molar refractivity (Wildman–Crippen MR) is 138 cm³/mol. The molecule has 0 amide bonds. The van der Waals surface area contributed by atoms with E-state index in [1.54, 1.807) is 11.1 Å². The second-order valence-electron chi connectivity index (χ2n) is 13.3. The molecule has 0 aliphatic carbocycles. The summed E-state index contributed by atoms with van der Waals surface area (Å²) in [6, 6.07) is 9.69. The predicted octanol–water partition coefficient (Wildman–Crippen LogP) is -0.455. The normalized spacial score (nSPS) is 44.9. The van der Waals surface area contributed by atoms with Crippen LogP contribution in [0.3, 0.4) is 0 Å². The minimum Gasteiger partial charge on any atom is -0.300 e. The Balaban J connectivity index is 1.04. The van der Waals surface area contributed by atoms with Crippen LogP contribution in [0.25, 0.3) is 0 Å². The fraction of sp³-hybridized carbons (Fsp3) is 0.786. The number of piperazine rings is 4. The van der Waals surface area contributed by atoms with Crippen LogP contribution in [-0.4, -0.2) is 168 Å². The highest BCUT2D eigenvalue weighted by Gasteiger charge is 2.62. The highest BCUT2D eigenvalue weighted by molar-refractivity contribution is 5.26. The summed E-state index contributed by atoms with van der Waals surface area (Å²) in [4.78, 5) is 17.0. The van der Waals surface area contributed by atoms with Crippen molar-refractivity contribution >= 4 is 0 Å². The van der Waals surface area contributed by atoms with Crippen LogP contribution in [-0.2, 0) is 13.1 Å². The van der Waals surface area contributed by atoms with Crippen molar-refractivity contribution in [2.75, 3.05) is 105 Å². The summed E-state index contributed by atoms with van der Waals surface area (Å²) in [7, 11) is 0. The van der Waals surface area contributed by atoms with Gasteiger partial charge in [-0.1, -0.05) is 24.3 Å². The molecule has 194 valence electrons. The third-order valence-electron chi connectivity index (χ3n) is 12.0. The average Bonchev–Trinajstić information content (AvgIpc) is 3.67. The number of hydrogen-bond acceptors (Lipinski definition) is 6. The Labute approximate surface area is 216 Å². The van der Waals surface area contributed by atoms with E-state index < -0.39 is 0 Å². The number of hydrogen-bond donors (Lipinski definition) is 0. The topological polar surface area (TPSA) is 19.4 Å². The minimum absolute atomic E-state index is 0.667. The minimum atomic E-state index is 0.667. The summed E-state index contributed by atoms with van der Waals surface area (Å²) < 4.78 is 2.63. The Morgan fingerprint density at radius 2 is 0.806 bits per heavy atom. The maximum atomic E-state index is 2.87. The van der Waals surface area contributed by atoms with E-state index in [2.05, 4.69) is 53.7 Å². The van der Waals surface area contributed by atoms with Gasteiger partial charge >= 0.3 is 0 Å². The van der Waals surface area contributed by atoms with E-state index in [1.807, 2.05) is 0 Å². The van der Waals surface area contributed by atoms with Crippen molar-refractivity contribution < 1.29 is 8.97 Å². The quantitative estimate of drug-likeness (QED) is 0.527. The molecule has 8 fully saturated rings. The molecule has 1 aromatic carbocycles. The molecule has 0 aromatic heterocycles. The van der Waals surface area contributed by atoms with Gasteiger partial charge in [-0.3, -0.25) is 19.6 Å². The number of nitrogens with zero attached hydrogens (tertiary/aromatic N) is 8. The smallest absolute Gasteiger partial charge is 0.175 e. The fourth-order valence-electron chi connectivity index (χ4n) is 10.2. The Morgan fingerprint density at radius 1 is 0.472 bits per heavy atom. The second kappa shape index (κ2) is 7.73. The zero-order chi connectivity index (χ0) is 23.5. The maximum absolute atomic E-state index is 2.87. The first-order valence-corrected chi connectivity index (χ1v) is 15.0. The SMILES string of the molecule is c1ccc(C[N+]23CCN4CCN5CCN(CC2)C3C54)c(C[N+]23CCN4CCN5CCN(CC2)C3C54)c1. The monoisotopic (exact) mass is 492 g/mol. The molecule has 6 atom stereocenters. The van der Waals surface area contributed by atoms with Gasteiger partial charge < -0.3 is 8.97 Å². The molecule has 0 bridgehead atoms. The molecule has 36 heavy (non-hydrogen) atoms. The third kappa shape index (κ3) is 2.88. The summed E-state index contributed by atoms with van der Waals surface area (Å²) in [5, 5.41) is 0. The van der Waals surface area contributed by atoms with Crippen LogP contribution in [0.4, 0.5) is 0 Å². The molecule has 0 radical (unpaired) electrons. The Bertz CT molecular complexity index is 957. The third-order valence-corrected chi connectivity index (χ3v) is 12.0. The molecule has 8 aliphatic heterocycles. The second-order valence-corrected chi connectivity index (χ2v) is 13.3. The average molecular weight is 493 g/mol. The van der Waals surface area contributed by atoms with Gasteiger partial charge in [-0.15, -0.1) is 0 Å². The van der Waals surface area contributed by atoms with Gasteiger partial charge in [0.2, 0.25) is 0 Å².